The number of hydrogen-bond acceptors (Lipinski definition) is 4. The standard InChI is InChI=1S/C20H31NO4/c1-3-14(4-2)13-25-11-10-24-9-5-8-21-19(22)17-15-6-7-16(12-15)18(17)20(21)23/h6-7,14-18H,3-5,8-13H2,1-2H3/t15-,16-,17-,18-/m0/s1. The van der Waals surface area contributed by atoms with Gasteiger partial charge in [-0.05, 0) is 30.6 Å². The van der Waals surface area contributed by atoms with Crippen molar-refractivity contribution in [3.8, 4) is 0 Å². The van der Waals surface area contributed by atoms with E-state index in [1.165, 1.54) is 4.90 Å². The minimum Gasteiger partial charge on any atom is -0.379 e. The van der Waals surface area contributed by atoms with Crippen molar-refractivity contribution in [1.29, 1.82) is 0 Å². The zero-order chi connectivity index (χ0) is 17.8. The van der Waals surface area contributed by atoms with Crippen LogP contribution in [0, 0.1) is 29.6 Å². The summed E-state index contributed by atoms with van der Waals surface area (Å²) in [6, 6.07) is 0. The molecule has 0 aromatic rings. The Hall–Kier alpha value is -1.20. The first-order chi connectivity index (χ1) is 12.2. The molecule has 5 heteroatoms. The first kappa shape index (κ1) is 18.6. The number of likely N-dealkylation sites (tertiary alicyclic amines) is 1. The Bertz CT molecular complexity index is 484. The van der Waals surface area contributed by atoms with Crippen molar-refractivity contribution in [2.45, 2.75) is 39.5 Å². The van der Waals surface area contributed by atoms with E-state index in [0.29, 0.717) is 50.5 Å². The number of hydrogen-bond donors (Lipinski definition) is 0. The molecule has 3 aliphatic rings. The van der Waals surface area contributed by atoms with Gasteiger partial charge in [-0.25, -0.2) is 0 Å². The van der Waals surface area contributed by atoms with E-state index in [-0.39, 0.29) is 23.7 Å². The normalized spacial score (nSPS) is 30.1. The number of fused-ring (bicyclic) bond motifs is 5. The molecule has 0 unspecified atom stereocenters. The van der Waals surface area contributed by atoms with Crippen LogP contribution in [0.15, 0.2) is 12.2 Å². The van der Waals surface area contributed by atoms with Crippen LogP contribution >= 0.6 is 0 Å². The molecule has 140 valence electrons. The molecule has 2 amide bonds. The van der Waals surface area contributed by atoms with E-state index in [9.17, 15) is 9.59 Å². The minimum absolute atomic E-state index is 0.0420. The van der Waals surface area contributed by atoms with Crippen molar-refractivity contribution >= 4 is 11.8 Å². The highest BCUT2D eigenvalue weighted by atomic mass is 16.5. The van der Waals surface area contributed by atoms with Crippen LogP contribution in [0.1, 0.15) is 39.5 Å². The summed E-state index contributed by atoms with van der Waals surface area (Å²) in [5, 5.41) is 0. The SMILES string of the molecule is CCC(CC)COCCOCCCN1C(=O)[C@@H]2[C@@H](C1=O)[C@H]1C=C[C@H]2C1. The molecule has 0 N–H and O–H groups in total. The Labute approximate surface area is 150 Å². The molecule has 2 aliphatic carbocycles. The molecule has 2 fully saturated rings. The molecular formula is C20H31NO4. The summed E-state index contributed by atoms with van der Waals surface area (Å²) in [5.41, 5.74) is 0. The molecular weight excluding hydrogens is 318 g/mol. The first-order valence-corrected chi connectivity index (χ1v) is 9.86. The van der Waals surface area contributed by atoms with Crippen molar-refractivity contribution in [1.82, 2.24) is 4.90 Å². The molecule has 5 nitrogen and oxygen atoms in total. The Balaban J connectivity index is 1.29. The molecule has 0 aromatic heterocycles. The fourth-order valence-electron chi connectivity index (χ4n) is 4.50. The van der Waals surface area contributed by atoms with Crippen LogP contribution in [0.4, 0.5) is 0 Å². The molecule has 1 saturated carbocycles. The third-order valence-electron chi connectivity index (χ3n) is 6.11. The van der Waals surface area contributed by atoms with Gasteiger partial charge in [0.2, 0.25) is 11.8 Å². The predicted octanol–water partition coefficient (Wildman–Crippen LogP) is 2.65. The van der Waals surface area contributed by atoms with E-state index < -0.39 is 0 Å². The topological polar surface area (TPSA) is 55.8 Å². The number of carbonyl (C=O) groups excluding carboxylic acids is 2. The van der Waals surface area contributed by atoms with Gasteiger partial charge >= 0.3 is 0 Å². The van der Waals surface area contributed by atoms with Crippen molar-refractivity contribution in [2.24, 2.45) is 29.6 Å². The van der Waals surface area contributed by atoms with Crippen LogP contribution in [0.2, 0.25) is 0 Å². The Kier molecular flexibility index (Phi) is 6.29. The number of imide groups is 1. The van der Waals surface area contributed by atoms with Gasteiger partial charge in [0.05, 0.1) is 25.0 Å². The number of ether oxygens (including phenoxy) is 2. The highest BCUT2D eigenvalue weighted by Crippen LogP contribution is 2.52. The summed E-state index contributed by atoms with van der Waals surface area (Å²) in [4.78, 5) is 26.5. The van der Waals surface area contributed by atoms with Gasteiger partial charge < -0.3 is 9.47 Å². The quantitative estimate of drug-likeness (QED) is 0.327. The van der Waals surface area contributed by atoms with E-state index in [1.807, 2.05) is 0 Å². The van der Waals surface area contributed by atoms with Crippen molar-refractivity contribution in [3.05, 3.63) is 12.2 Å². The van der Waals surface area contributed by atoms with Gasteiger partial charge in [0.15, 0.2) is 0 Å². The average Bonchev–Trinajstić information content (AvgIpc) is 3.29. The highest BCUT2D eigenvalue weighted by Gasteiger charge is 2.58. The van der Waals surface area contributed by atoms with Gasteiger partial charge in [-0.3, -0.25) is 14.5 Å². The monoisotopic (exact) mass is 349 g/mol. The van der Waals surface area contributed by atoms with Crippen LogP contribution in [-0.4, -0.2) is 49.7 Å². The van der Waals surface area contributed by atoms with Crippen LogP contribution in [-0.2, 0) is 19.1 Å². The Morgan fingerprint density at radius 3 is 2.20 bits per heavy atom. The van der Waals surface area contributed by atoms with Gasteiger partial charge in [-0.1, -0.05) is 38.8 Å². The van der Waals surface area contributed by atoms with Gasteiger partial charge in [0, 0.05) is 19.8 Å². The maximum Gasteiger partial charge on any atom is 0.233 e. The average molecular weight is 349 g/mol. The summed E-state index contributed by atoms with van der Waals surface area (Å²) in [7, 11) is 0. The summed E-state index contributed by atoms with van der Waals surface area (Å²) >= 11 is 0. The molecule has 2 bridgehead atoms. The second-order valence-corrected chi connectivity index (χ2v) is 7.55. The van der Waals surface area contributed by atoms with E-state index in [1.54, 1.807) is 0 Å². The summed E-state index contributed by atoms with van der Waals surface area (Å²) in [6.45, 7) is 7.39. The van der Waals surface area contributed by atoms with Crippen LogP contribution in [0.3, 0.4) is 0 Å². The zero-order valence-electron chi connectivity index (χ0n) is 15.5. The summed E-state index contributed by atoms with van der Waals surface area (Å²) in [6.07, 6.45) is 8.24. The Morgan fingerprint density at radius 2 is 1.60 bits per heavy atom. The van der Waals surface area contributed by atoms with Gasteiger partial charge in [0.25, 0.3) is 0 Å². The van der Waals surface area contributed by atoms with Crippen molar-refractivity contribution < 1.29 is 19.1 Å². The maximum atomic E-state index is 12.5. The fraction of sp³-hybridized carbons (Fsp3) is 0.800. The lowest BCUT2D eigenvalue weighted by molar-refractivity contribution is -0.140. The van der Waals surface area contributed by atoms with Crippen LogP contribution < -0.4 is 0 Å². The number of allylic oxidation sites excluding steroid dienone is 2. The van der Waals surface area contributed by atoms with Gasteiger partial charge in [-0.15, -0.1) is 0 Å². The first-order valence-electron chi connectivity index (χ1n) is 9.86. The lowest BCUT2D eigenvalue weighted by Crippen LogP contribution is -2.34. The largest absolute Gasteiger partial charge is 0.379 e. The third-order valence-corrected chi connectivity index (χ3v) is 6.11. The zero-order valence-corrected chi connectivity index (χ0v) is 15.5. The predicted molar refractivity (Wildman–Crippen MR) is 94.8 cm³/mol. The van der Waals surface area contributed by atoms with E-state index in [4.69, 9.17) is 9.47 Å². The minimum atomic E-state index is -0.0816. The highest BCUT2D eigenvalue weighted by molar-refractivity contribution is 6.06. The van der Waals surface area contributed by atoms with Crippen molar-refractivity contribution in [2.75, 3.05) is 33.0 Å². The smallest absolute Gasteiger partial charge is 0.233 e. The van der Waals surface area contributed by atoms with Crippen LogP contribution in [0.5, 0.6) is 0 Å². The third kappa shape index (κ3) is 3.82. The second-order valence-electron chi connectivity index (χ2n) is 7.55. The molecule has 0 radical (unpaired) electrons. The molecule has 1 saturated heterocycles. The molecule has 4 atom stereocenters. The molecule has 1 aliphatic heterocycles. The number of rotatable bonds is 11. The molecule has 25 heavy (non-hydrogen) atoms. The van der Waals surface area contributed by atoms with Gasteiger partial charge in [-0.2, -0.15) is 0 Å². The summed E-state index contributed by atoms with van der Waals surface area (Å²) < 4.78 is 11.2. The van der Waals surface area contributed by atoms with Crippen molar-refractivity contribution in [3.63, 3.8) is 0 Å². The number of nitrogens with zero attached hydrogens (tertiary/aromatic N) is 1. The maximum absolute atomic E-state index is 12.5. The van der Waals surface area contributed by atoms with E-state index in [2.05, 4.69) is 26.0 Å². The number of carbonyl (C=O) groups is 2. The number of amides is 2. The van der Waals surface area contributed by atoms with E-state index in [0.717, 1.165) is 25.9 Å². The molecule has 3 rings (SSSR count). The van der Waals surface area contributed by atoms with E-state index >= 15 is 0 Å². The summed E-state index contributed by atoms with van der Waals surface area (Å²) in [5.74, 6) is 1.14. The Morgan fingerprint density at radius 1 is 1.00 bits per heavy atom. The molecule has 0 spiro atoms. The van der Waals surface area contributed by atoms with Gasteiger partial charge in [0.1, 0.15) is 0 Å². The lowest BCUT2D eigenvalue weighted by Gasteiger charge is -2.17. The molecule has 1 heterocycles. The molecule has 0 aromatic carbocycles. The second kappa shape index (κ2) is 8.45. The van der Waals surface area contributed by atoms with Crippen LogP contribution in [0.25, 0.3) is 0 Å². The fourth-order valence-corrected chi connectivity index (χ4v) is 4.50. The lowest BCUT2D eigenvalue weighted by atomic mass is 9.85.